The van der Waals surface area contributed by atoms with Gasteiger partial charge in [0.25, 0.3) is 5.91 Å². The number of amides is 1. The van der Waals surface area contributed by atoms with Crippen molar-refractivity contribution in [1.82, 2.24) is 4.90 Å². The van der Waals surface area contributed by atoms with E-state index < -0.39 is 11.6 Å². The van der Waals surface area contributed by atoms with Crippen LogP contribution in [0.3, 0.4) is 0 Å². The molecule has 0 atom stereocenters. The van der Waals surface area contributed by atoms with Crippen molar-refractivity contribution < 1.29 is 24.2 Å². The van der Waals surface area contributed by atoms with Crippen molar-refractivity contribution >= 4 is 17.6 Å². The van der Waals surface area contributed by atoms with E-state index in [1.807, 2.05) is 24.3 Å². The molecule has 2 fully saturated rings. The highest BCUT2D eigenvalue weighted by Crippen LogP contribution is 2.29. The topological polar surface area (TPSA) is 79.3 Å². The molecule has 0 spiro atoms. The number of rotatable bonds is 5. The van der Waals surface area contributed by atoms with Crippen LogP contribution in [0.5, 0.6) is 5.75 Å². The lowest BCUT2D eigenvalue weighted by Gasteiger charge is -2.36. The van der Waals surface area contributed by atoms with Crippen LogP contribution in [-0.2, 0) is 14.3 Å². The average Bonchev–Trinajstić information content (AvgIpc) is 2.72. The van der Waals surface area contributed by atoms with Crippen LogP contribution in [0.15, 0.2) is 24.3 Å². The number of anilines is 1. The Morgan fingerprint density at radius 1 is 1.04 bits per heavy atom. The van der Waals surface area contributed by atoms with Gasteiger partial charge in [-0.15, -0.1) is 0 Å². The molecule has 1 saturated carbocycles. The molecule has 0 radical (unpaired) electrons. The van der Waals surface area contributed by atoms with E-state index in [0.717, 1.165) is 43.8 Å². The maximum Gasteiger partial charge on any atom is 0.338 e. The Morgan fingerprint density at radius 3 is 2.26 bits per heavy atom. The van der Waals surface area contributed by atoms with Crippen LogP contribution in [0.25, 0.3) is 0 Å². The summed E-state index contributed by atoms with van der Waals surface area (Å²) >= 11 is 0. The van der Waals surface area contributed by atoms with Crippen LogP contribution < -0.4 is 9.64 Å². The number of carbonyl (C=O) groups is 2. The molecule has 1 aliphatic heterocycles. The first kappa shape index (κ1) is 19.5. The van der Waals surface area contributed by atoms with Crippen molar-refractivity contribution in [3.8, 4) is 5.75 Å². The van der Waals surface area contributed by atoms with Gasteiger partial charge in [-0.2, -0.15) is 0 Å². The number of esters is 1. The summed E-state index contributed by atoms with van der Waals surface area (Å²) in [5, 5.41) is 10.3. The number of carbonyl (C=O) groups excluding carboxylic acids is 2. The molecule has 1 heterocycles. The summed E-state index contributed by atoms with van der Waals surface area (Å²) in [6, 6.07) is 7.84. The molecule has 1 aliphatic carbocycles. The van der Waals surface area contributed by atoms with E-state index >= 15 is 0 Å². The monoisotopic (exact) mass is 376 g/mol. The smallest absolute Gasteiger partial charge is 0.338 e. The van der Waals surface area contributed by atoms with Gasteiger partial charge in [-0.05, 0) is 49.9 Å². The Balaban J connectivity index is 1.44. The molecule has 0 aromatic heterocycles. The molecule has 1 aromatic carbocycles. The Kier molecular flexibility index (Phi) is 6.21. The molecular formula is C20H28N2O5. The summed E-state index contributed by atoms with van der Waals surface area (Å²) in [5.41, 5.74) is -0.320. The van der Waals surface area contributed by atoms with Crippen molar-refractivity contribution in [2.24, 2.45) is 0 Å². The molecule has 7 nitrogen and oxygen atoms in total. The number of hydrogen-bond donors (Lipinski definition) is 1. The number of nitrogens with zero attached hydrogens (tertiary/aromatic N) is 2. The summed E-state index contributed by atoms with van der Waals surface area (Å²) in [7, 11) is 1.64. The van der Waals surface area contributed by atoms with Crippen LogP contribution in [-0.4, -0.2) is 67.4 Å². The summed E-state index contributed by atoms with van der Waals surface area (Å²) in [6.45, 7) is 2.29. The standard InChI is InChI=1S/C20H28N2O5/c1-26-17-7-5-16(6-8-17)21-11-13-22(14-12-21)18(23)15-27-19(24)20(25)9-3-2-4-10-20/h5-8,25H,2-4,9-15H2,1H3. The highest BCUT2D eigenvalue weighted by atomic mass is 16.6. The van der Waals surface area contributed by atoms with Gasteiger partial charge in [-0.3, -0.25) is 4.79 Å². The minimum Gasteiger partial charge on any atom is -0.497 e. The molecule has 7 heteroatoms. The lowest BCUT2D eigenvalue weighted by atomic mass is 9.85. The molecule has 0 bridgehead atoms. The Labute approximate surface area is 159 Å². The molecule has 148 valence electrons. The highest BCUT2D eigenvalue weighted by molar-refractivity contribution is 5.84. The second-order valence-electron chi connectivity index (χ2n) is 7.23. The normalized spacial score (nSPS) is 19.5. The minimum atomic E-state index is -1.41. The van der Waals surface area contributed by atoms with Crippen molar-refractivity contribution in [3.05, 3.63) is 24.3 Å². The zero-order valence-electron chi connectivity index (χ0n) is 15.9. The quantitative estimate of drug-likeness (QED) is 0.786. The zero-order chi connectivity index (χ0) is 19.3. The zero-order valence-corrected chi connectivity index (χ0v) is 15.9. The predicted molar refractivity (Wildman–Crippen MR) is 101 cm³/mol. The molecule has 0 unspecified atom stereocenters. The molecule has 3 rings (SSSR count). The molecule has 1 saturated heterocycles. The van der Waals surface area contributed by atoms with Gasteiger partial charge < -0.3 is 24.4 Å². The van der Waals surface area contributed by atoms with Crippen molar-refractivity contribution in [2.45, 2.75) is 37.7 Å². The summed E-state index contributed by atoms with van der Waals surface area (Å²) in [5.74, 6) is -0.0569. The van der Waals surface area contributed by atoms with Gasteiger partial charge in [0, 0.05) is 31.9 Å². The first-order valence-corrected chi connectivity index (χ1v) is 9.58. The number of methoxy groups -OCH3 is 1. The number of piperazine rings is 1. The summed E-state index contributed by atoms with van der Waals surface area (Å²) in [6.07, 6.45) is 3.48. The highest BCUT2D eigenvalue weighted by Gasteiger charge is 2.39. The van der Waals surface area contributed by atoms with Crippen LogP contribution in [0, 0.1) is 0 Å². The van der Waals surface area contributed by atoms with Gasteiger partial charge >= 0.3 is 5.97 Å². The van der Waals surface area contributed by atoms with E-state index in [1.165, 1.54) is 0 Å². The van der Waals surface area contributed by atoms with Gasteiger partial charge in [0.15, 0.2) is 12.2 Å². The van der Waals surface area contributed by atoms with Gasteiger partial charge in [0.2, 0.25) is 0 Å². The van der Waals surface area contributed by atoms with E-state index in [0.29, 0.717) is 25.9 Å². The van der Waals surface area contributed by atoms with Crippen molar-refractivity contribution in [1.29, 1.82) is 0 Å². The van der Waals surface area contributed by atoms with E-state index in [4.69, 9.17) is 9.47 Å². The third-order valence-electron chi connectivity index (χ3n) is 5.46. The Hall–Kier alpha value is -2.28. The van der Waals surface area contributed by atoms with Gasteiger partial charge in [-0.1, -0.05) is 6.42 Å². The third-order valence-corrected chi connectivity index (χ3v) is 5.46. The van der Waals surface area contributed by atoms with Crippen LogP contribution >= 0.6 is 0 Å². The lowest BCUT2D eigenvalue weighted by Crippen LogP contribution is -2.50. The van der Waals surface area contributed by atoms with Crippen LogP contribution in [0.2, 0.25) is 0 Å². The van der Waals surface area contributed by atoms with Gasteiger partial charge in [0.1, 0.15) is 5.75 Å². The van der Waals surface area contributed by atoms with E-state index in [1.54, 1.807) is 12.0 Å². The van der Waals surface area contributed by atoms with Crippen LogP contribution in [0.4, 0.5) is 5.69 Å². The maximum atomic E-state index is 12.3. The third kappa shape index (κ3) is 4.71. The van der Waals surface area contributed by atoms with Crippen molar-refractivity contribution in [3.63, 3.8) is 0 Å². The van der Waals surface area contributed by atoms with E-state index in [-0.39, 0.29) is 12.5 Å². The largest absolute Gasteiger partial charge is 0.497 e. The second-order valence-corrected chi connectivity index (χ2v) is 7.23. The van der Waals surface area contributed by atoms with Crippen molar-refractivity contribution in [2.75, 3.05) is 44.8 Å². The fourth-order valence-corrected chi connectivity index (χ4v) is 3.70. The number of ether oxygens (including phenoxy) is 2. The fraction of sp³-hybridized carbons (Fsp3) is 0.600. The fourth-order valence-electron chi connectivity index (χ4n) is 3.70. The average molecular weight is 376 g/mol. The first-order chi connectivity index (χ1) is 13.0. The maximum absolute atomic E-state index is 12.3. The van der Waals surface area contributed by atoms with Crippen LogP contribution in [0.1, 0.15) is 32.1 Å². The van der Waals surface area contributed by atoms with Gasteiger partial charge in [0.05, 0.1) is 7.11 Å². The van der Waals surface area contributed by atoms with E-state index in [2.05, 4.69) is 4.90 Å². The Bertz CT molecular complexity index is 647. The van der Waals surface area contributed by atoms with Gasteiger partial charge in [-0.25, -0.2) is 4.79 Å². The minimum absolute atomic E-state index is 0.211. The number of aliphatic hydroxyl groups is 1. The second kappa shape index (κ2) is 8.61. The SMILES string of the molecule is COc1ccc(N2CCN(C(=O)COC(=O)C3(O)CCCCC3)CC2)cc1. The lowest BCUT2D eigenvalue weighted by molar-refractivity contribution is -0.172. The molecule has 2 aliphatic rings. The molecule has 1 N–H and O–H groups in total. The molecule has 1 aromatic rings. The summed E-state index contributed by atoms with van der Waals surface area (Å²) in [4.78, 5) is 28.4. The Morgan fingerprint density at radius 2 is 1.67 bits per heavy atom. The van der Waals surface area contributed by atoms with E-state index in [9.17, 15) is 14.7 Å². The molecular weight excluding hydrogens is 348 g/mol. The summed E-state index contributed by atoms with van der Waals surface area (Å²) < 4.78 is 10.3. The number of hydrogen-bond acceptors (Lipinski definition) is 6. The predicted octanol–water partition coefficient (Wildman–Crippen LogP) is 1.58. The molecule has 1 amide bonds. The first-order valence-electron chi connectivity index (χ1n) is 9.58. The number of benzene rings is 1. The molecule has 27 heavy (non-hydrogen) atoms.